The van der Waals surface area contributed by atoms with Crippen molar-refractivity contribution in [2.75, 3.05) is 6.54 Å². The lowest BCUT2D eigenvalue weighted by atomic mass is 9.91. The van der Waals surface area contributed by atoms with Gasteiger partial charge in [-0.1, -0.05) is 78.3 Å². The minimum Gasteiger partial charge on any atom is -0.378 e. The largest absolute Gasteiger partial charge is 0.378 e. The van der Waals surface area contributed by atoms with Crippen LogP contribution in [0, 0.1) is 0 Å². The summed E-state index contributed by atoms with van der Waals surface area (Å²) in [5, 5.41) is 11.1. The van der Waals surface area contributed by atoms with Crippen LogP contribution in [-0.4, -0.2) is 32.4 Å². The number of nitrogens with one attached hydrogen (secondary N) is 1. The number of aliphatic hydroxyl groups is 1. The zero-order valence-electron chi connectivity index (χ0n) is 20.2. The molecule has 2 aliphatic rings. The molecule has 7 heteroatoms. The van der Waals surface area contributed by atoms with Gasteiger partial charge in [0, 0.05) is 18.0 Å². The van der Waals surface area contributed by atoms with Gasteiger partial charge < -0.3 is 15.0 Å². The van der Waals surface area contributed by atoms with Crippen molar-refractivity contribution in [3.8, 4) is 11.1 Å². The van der Waals surface area contributed by atoms with E-state index < -0.39 is 12.0 Å². The first kappa shape index (κ1) is 23.6. The van der Waals surface area contributed by atoms with Gasteiger partial charge in [-0.05, 0) is 47.2 Å². The van der Waals surface area contributed by atoms with Gasteiger partial charge in [-0.25, -0.2) is 4.98 Å². The van der Waals surface area contributed by atoms with Crippen molar-refractivity contribution < 1.29 is 9.90 Å². The molecule has 0 spiro atoms. The highest BCUT2D eigenvalue weighted by molar-refractivity contribution is 6.30. The summed E-state index contributed by atoms with van der Waals surface area (Å²) in [4.78, 5) is 35.7. The van der Waals surface area contributed by atoms with Crippen LogP contribution in [0.4, 0.5) is 0 Å². The molecule has 2 N–H and O–H groups in total. The minimum absolute atomic E-state index is 0.116. The molecule has 0 saturated heterocycles. The lowest BCUT2D eigenvalue weighted by molar-refractivity contribution is -0.141. The van der Waals surface area contributed by atoms with Gasteiger partial charge in [-0.15, -0.1) is 0 Å². The Balaban J connectivity index is 1.27. The van der Waals surface area contributed by atoms with Gasteiger partial charge in [0.25, 0.3) is 11.5 Å². The molecule has 1 aliphatic heterocycles. The van der Waals surface area contributed by atoms with E-state index in [2.05, 4.69) is 41.4 Å². The maximum absolute atomic E-state index is 13.2. The molecule has 0 radical (unpaired) electrons. The van der Waals surface area contributed by atoms with Gasteiger partial charge in [0.2, 0.25) is 0 Å². The first-order chi connectivity index (χ1) is 17.9. The van der Waals surface area contributed by atoms with Gasteiger partial charge >= 0.3 is 0 Å². The third kappa shape index (κ3) is 4.37. The third-order valence-electron chi connectivity index (χ3n) is 7.50. The van der Waals surface area contributed by atoms with E-state index in [1.807, 2.05) is 18.2 Å². The minimum atomic E-state index is -1.34. The smallest absolute Gasteiger partial charge is 0.256 e. The second-order valence-corrected chi connectivity index (χ2v) is 10.3. The monoisotopic (exact) mass is 511 g/mol. The predicted octanol–water partition coefficient (Wildman–Crippen LogP) is 4.79. The molecule has 186 valence electrons. The standard InChI is InChI=1S/C30H26ClN3O3/c31-23-11-5-9-21(17-23)26(35)28(37)34-15-12-25-24(18-34)27(36)33-29(32-25)30(13-14-30)22-10-4-8-20(16-22)19-6-2-1-3-7-19/h1-11,16-17,26,35H,12-15,18H2,(H,32,33,36)/t26-/m1/s1. The fraction of sp³-hybridized carbons (Fsp3) is 0.233. The van der Waals surface area contributed by atoms with Crippen molar-refractivity contribution in [3.63, 3.8) is 0 Å². The van der Waals surface area contributed by atoms with Crippen molar-refractivity contribution in [2.45, 2.75) is 37.3 Å². The summed E-state index contributed by atoms with van der Waals surface area (Å²) < 4.78 is 0. The molecule has 0 unspecified atom stereocenters. The van der Waals surface area contributed by atoms with E-state index in [1.54, 1.807) is 24.3 Å². The molecule has 0 bridgehead atoms. The van der Waals surface area contributed by atoms with Crippen LogP contribution in [0.25, 0.3) is 11.1 Å². The molecular formula is C30H26ClN3O3. The molecule has 1 fully saturated rings. The molecular weight excluding hydrogens is 486 g/mol. The topological polar surface area (TPSA) is 86.3 Å². The number of rotatable bonds is 5. The molecule has 3 aromatic carbocycles. The van der Waals surface area contributed by atoms with Crippen LogP contribution >= 0.6 is 11.6 Å². The number of aromatic amines is 1. The quantitative estimate of drug-likeness (QED) is 0.403. The number of hydrogen-bond acceptors (Lipinski definition) is 4. The van der Waals surface area contributed by atoms with Crippen LogP contribution in [0.5, 0.6) is 0 Å². The Labute approximate surface area is 219 Å². The Morgan fingerprint density at radius 3 is 2.51 bits per heavy atom. The number of benzene rings is 3. The second kappa shape index (κ2) is 9.29. The maximum atomic E-state index is 13.2. The Hall–Kier alpha value is -3.74. The predicted molar refractivity (Wildman–Crippen MR) is 142 cm³/mol. The van der Waals surface area contributed by atoms with Crippen molar-refractivity contribution in [1.29, 1.82) is 0 Å². The van der Waals surface area contributed by atoms with E-state index >= 15 is 0 Å². The number of aliphatic hydroxyl groups excluding tert-OH is 1. The van der Waals surface area contributed by atoms with E-state index in [0.717, 1.165) is 35.2 Å². The SMILES string of the molecule is O=C([C@H](O)c1cccc(Cl)c1)N1CCc2nc(C3(c4cccc(-c5ccccc5)c4)CC3)[nH]c(=O)c2C1. The normalized spacial score (nSPS) is 16.6. The van der Waals surface area contributed by atoms with Crippen molar-refractivity contribution in [2.24, 2.45) is 0 Å². The van der Waals surface area contributed by atoms with Crippen LogP contribution in [0.1, 0.15) is 47.2 Å². The Morgan fingerprint density at radius 1 is 1.00 bits per heavy atom. The summed E-state index contributed by atoms with van der Waals surface area (Å²) in [7, 11) is 0. The number of fused-ring (bicyclic) bond motifs is 1. The molecule has 6 rings (SSSR count). The van der Waals surface area contributed by atoms with Crippen LogP contribution in [0.2, 0.25) is 5.02 Å². The molecule has 1 aromatic heterocycles. The summed E-state index contributed by atoms with van der Waals surface area (Å²) in [6.07, 6.45) is 0.964. The number of carbonyl (C=O) groups excluding carboxylic acids is 1. The highest BCUT2D eigenvalue weighted by Crippen LogP contribution is 2.52. The number of carbonyl (C=O) groups is 1. The molecule has 37 heavy (non-hydrogen) atoms. The molecule has 2 heterocycles. The third-order valence-corrected chi connectivity index (χ3v) is 7.74. The van der Waals surface area contributed by atoms with E-state index in [4.69, 9.17) is 16.6 Å². The van der Waals surface area contributed by atoms with Crippen LogP contribution in [-0.2, 0) is 23.2 Å². The van der Waals surface area contributed by atoms with Gasteiger partial charge in [-0.2, -0.15) is 0 Å². The van der Waals surface area contributed by atoms with E-state index in [0.29, 0.717) is 34.9 Å². The molecule has 4 aromatic rings. The van der Waals surface area contributed by atoms with E-state index in [1.165, 1.54) is 4.90 Å². The van der Waals surface area contributed by atoms with Crippen LogP contribution < -0.4 is 5.56 Å². The van der Waals surface area contributed by atoms with Crippen LogP contribution in [0.15, 0.2) is 83.7 Å². The zero-order valence-corrected chi connectivity index (χ0v) is 20.9. The number of hydrogen-bond donors (Lipinski definition) is 2. The first-order valence-corrected chi connectivity index (χ1v) is 12.8. The molecule has 1 saturated carbocycles. The molecule has 6 nitrogen and oxygen atoms in total. The summed E-state index contributed by atoms with van der Waals surface area (Å²) >= 11 is 6.02. The highest BCUT2D eigenvalue weighted by Gasteiger charge is 2.49. The number of halogens is 1. The van der Waals surface area contributed by atoms with Gasteiger partial charge in [-0.3, -0.25) is 9.59 Å². The molecule has 1 atom stereocenters. The van der Waals surface area contributed by atoms with E-state index in [-0.39, 0.29) is 17.5 Å². The first-order valence-electron chi connectivity index (χ1n) is 12.5. The summed E-state index contributed by atoms with van der Waals surface area (Å²) in [5.74, 6) is 0.244. The van der Waals surface area contributed by atoms with Gasteiger partial charge in [0.1, 0.15) is 5.82 Å². The molecule has 1 aliphatic carbocycles. The number of amides is 1. The van der Waals surface area contributed by atoms with Crippen molar-refractivity contribution in [1.82, 2.24) is 14.9 Å². The Bertz CT molecular complexity index is 1550. The van der Waals surface area contributed by atoms with Gasteiger partial charge in [0.15, 0.2) is 6.10 Å². The molecule has 1 amide bonds. The van der Waals surface area contributed by atoms with Crippen LogP contribution in [0.3, 0.4) is 0 Å². The lowest BCUT2D eigenvalue weighted by Gasteiger charge is -2.30. The number of aromatic nitrogens is 2. The average molecular weight is 512 g/mol. The van der Waals surface area contributed by atoms with E-state index in [9.17, 15) is 14.7 Å². The average Bonchev–Trinajstić information content (AvgIpc) is 3.75. The highest BCUT2D eigenvalue weighted by atomic mass is 35.5. The number of nitrogens with zero attached hydrogens (tertiary/aromatic N) is 2. The Kier molecular flexibility index (Phi) is 5.94. The van der Waals surface area contributed by atoms with Crippen molar-refractivity contribution in [3.05, 3.63) is 122 Å². The summed E-state index contributed by atoms with van der Waals surface area (Å²) in [6, 6.07) is 25.3. The zero-order chi connectivity index (χ0) is 25.6. The summed E-state index contributed by atoms with van der Waals surface area (Å²) in [6.45, 7) is 0.501. The lowest BCUT2D eigenvalue weighted by Crippen LogP contribution is -2.42. The second-order valence-electron chi connectivity index (χ2n) is 9.84. The summed E-state index contributed by atoms with van der Waals surface area (Å²) in [5.41, 5.74) is 4.55. The van der Waals surface area contributed by atoms with Gasteiger partial charge in [0.05, 0.1) is 23.2 Å². The Morgan fingerprint density at radius 2 is 1.76 bits per heavy atom. The number of H-pyrrole nitrogens is 1. The fourth-order valence-corrected chi connectivity index (χ4v) is 5.44. The fourth-order valence-electron chi connectivity index (χ4n) is 5.25. The van der Waals surface area contributed by atoms with Crippen molar-refractivity contribution >= 4 is 17.5 Å². The maximum Gasteiger partial charge on any atom is 0.256 e.